The summed E-state index contributed by atoms with van der Waals surface area (Å²) in [6, 6.07) is 15.7. The maximum atomic E-state index is 13.0. The Morgan fingerprint density at radius 2 is 1.92 bits per heavy atom. The van der Waals surface area contributed by atoms with Gasteiger partial charge in [-0.2, -0.15) is 0 Å². The normalized spacial score (nSPS) is 11.9. The number of halogens is 1. The monoisotopic (exact) mass is 372 g/mol. The highest BCUT2D eigenvalue weighted by Gasteiger charge is 2.14. The Hall–Kier alpha value is -2.18. The zero-order chi connectivity index (χ0) is 17.6. The maximum Gasteiger partial charge on any atom is 0.237 e. The minimum atomic E-state index is -0.255. The summed E-state index contributed by atoms with van der Waals surface area (Å²) in [7, 11) is 0. The number of benzene rings is 2. The molecular weight excluding hydrogens is 355 g/mol. The van der Waals surface area contributed by atoms with E-state index < -0.39 is 0 Å². The fraction of sp³-hybridized carbons (Fsp3) is 0.158. The van der Waals surface area contributed by atoms with Gasteiger partial charge >= 0.3 is 0 Å². The summed E-state index contributed by atoms with van der Waals surface area (Å²) in [5, 5.41) is 5.56. The molecule has 1 amide bonds. The van der Waals surface area contributed by atoms with Crippen molar-refractivity contribution in [3.63, 3.8) is 0 Å². The average molecular weight is 372 g/mol. The van der Waals surface area contributed by atoms with Crippen molar-refractivity contribution >= 4 is 34.7 Å². The molecule has 0 bridgehead atoms. The topological polar surface area (TPSA) is 42.0 Å². The number of thioether (sulfide) groups is 1. The van der Waals surface area contributed by atoms with Crippen LogP contribution in [0.1, 0.15) is 12.6 Å². The molecule has 1 atom stereocenters. The number of aromatic nitrogens is 1. The average Bonchev–Trinajstić information content (AvgIpc) is 3.10. The third-order valence-corrected chi connectivity index (χ3v) is 5.65. The lowest BCUT2D eigenvalue weighted by molar-refractivity contribution is -0.115. The van der Waals surface area contributed by atoms with Crippen molar-refractivity contribution in [1.29, 1.82) is 0 Å². The van der Waals surface area contributed by atoms with Gasteiger partial charge in [0.15, 0.2) is 0 Å². The number of amides is 1. The quantitative estimate of drug-likeness (QED) is 0.646. The van der Waals surface area contributed by atoms with Crippen LogP contribution in [0.4, 0.5) is 10.1 Å². The minimum Gasteiger partial charge on any atom is -0.325 e. The SMILES string of the molecule is CC(SCc1csc(-c2ccc(F)cc2)n1)C(=O)Nc1ccccc1. The van der Waals surface area contributed by atoms with Crippen LogP contribution in [0, 0.1) is 5.82 Å². The number of para-hydroxylation sites is 1. The molecule has 3 nitrogen and oxygen atoms in total. The fourth-order valence-corrected chi connectivity index (χ4v) is 3.86. The number of anilines is 1. The number of carbonyl (C=O) groups is 1. The Balaban J connectivity index is 1.54. The number of nitrogens with one attached hydrogen (secondary N) is 1. The molecule has 0 fully saturated rings. The van der Waals surface area contributed by atoms with Gasteiger partial charge in [0, 0.05) is 22.4 Å². The second kappa shape index (κ2) is 8.27. The Morgan fingerprint density at radius 3 is 2.64 bits per heavy atom. The highest BCUT2D eigenvalue weighted by molar-refractivity contribution is 7.99. The van der Waals surface area contributed by atoms with Gasteiger partial charge in [-0.1, -0.05) is 18.2 Å². The number of carbonyl (C=O) groups excluding carboxylic acids is 1. The van der Waals surface area contributed by atoms with Crippen molar-refractivity contribution in [3.05, 3.63) is 71.5 Å². The lowest BCUT2D eigenvalue weighted by Gasteiger charge is -2.11. The third kappa shape index (κ3) is 4.90. The van der Waals surface area contributed by atoms with Crippen LogP contribution in [0.5, 0.6) is 0 Å². The number of rotatable bonds is 6. The Bertz CT molecular complexity index is 834. The lowest BCUT2D eigenvalue weighted by atomic mass is 10.2. The molecule has 25 heavy (non-hydrogen) atoms. The molecule has 0 aliphatic carbocycles. The smallest absolute Gasteiger partial charge is 0.237 e. The van der Waals surface area contributed by atoms with E-state index in [2.05, 4.69) is 10.3 Å². The third-order valence-electron chi connectivity index (χ3n) is 3.53. The molecule has 0 spiro atoms. The molecular formula is C19H17FN2OS2. The zero-order valence-corrected chi connectivity index (χ0v) is 15.2. The van der Waals surface area contributed by atoms with Gasteiger partial charge in [0.2, 0.25) is 5.91 Å². The molecule has 1 heterocycles. The Labute approximate surface area is 154 Å². The highest BCUT2D eigenvalue weighted by Crippen LogP contribution is 2.27. The summed E-state index contributed by atoms with van der Waals surface area (Å²) in [5.41, 5.74) is 2.62. The van der Waals surface area contributed by atoms with Crippen LogP contribution in [0.25, 0.3) is 10.6 Å². The molecule has 2 aromatic carbocycles. The largest absolute Gasteiger partial charge is 0.325 e. The van der Waals surface area contributed by atoms with E-state index in [0.717, 1.165) is 22.0 Å². The van der Waals surface area contributed by atoms with Crippen molar-refractivity contribution < 1.29 is 9.18 Å². The minimum absolute atomic E-state index is 0.0230. The fourth-order valence-electron chi connectivity index (χ4n) is 2.15. The van der Waals surface area contributed by atoms with Gasteiger partial charge in [-0.25, -0.2) is 9.37 Å². The highest BCUT2D eigenvalue weighted by atomic mass is 32.2. The molecule has 1 aromatic heterocycles. The van der Waals surface area contributed by atoms with Crippen LogP contribution in [0.3, 0.4) is 0 Å². The maximum absolute atomic E-state index is 13.0. The first-order chi connectivity index (χ1) is 12.1. The number of hydrogen-bond donors (Lipinski definition) is 1. The van der Waals surface area contributed by atoms with Gasteiger partial charge in [0.25, 0.3) is 0 Å². The van der Waals surface area contributed by atoms with E-state index in [1.54, 1.807) is 12.1 Å². The van der Waals surface area contributed by atoms with Crippen molar-refractivity contribution in [1.82, 2.24) is 4.98 Å². The van der Waals surface area contributed by atoms with Crippen molar-refractivity contribution in [3.8, 4) is 10.6 Å². The van der Waals surface area contributed by atoms with Crippen molar-refractivity contribution in [2.24, 2.45) is 0 Å². The lowest BCUT2D eigenvalue weighted by Crippen LogP contribution is -2.22. The van der Waals surface area contributed by atoms with E-state index in [1.807, 2.05) is 42.6 Å². The molecule has 3 aromatic rings. The van der Waals surface area contributed by atoms with Crippen molar-refractivity contribution in [2.45, 2.75) is 17.9 Å². The molecule has 0 saturated carbocycles. The van der Waals surface area contributed by atoms with Crippen LogP contribution in [0.2, 0.25) is 0 Å². The molecule has 1 N–H and O–H groups in total. The van der Waals surface area contributed by atoms with E-state index in [-0.39, 0.29) is 17.0 Å². The predicted octanol–water partition coefficient (Wildman–Crippen LogP) is 5.21. The molecule has 0 saturated heterocycles. The van der Waals surface area contributed by atoms with Gasteiger partial charge in [-0.05, 0) is 43.3 Å². The first-order valence-corrected chi connectivity index (χ1v) is 9.72. The molecule has 128 valence electrons. The van der Waals surface area contributed by atoms with E-state index in [0.29, 0.717) is 5.75 Å². The van der Waals surface area contributed by atoms with Gasteiger partial charge < -0.3 is 5.32 Å². The van der Waals surface area contributed by atoms with Crippen LogP contribution < -0.4 is 5.32 Å². The molecule has 0 aliphatic rings. The van der Waals surface area contributed by atoms with Crippen LogP contribution in [-0.4, -0.2) is 16.1 Å². The first kappa shape index (κ1) is 17.6. The molecule has 0 aliphatic heterocycles. The van der Waals surface area contributed by atoms with E-state index in [1.165, 1.54) is 35.2 Å². The Morgan fingerprint density at radius 1 is 1.20 bits per heavy atom. The van der Waals surface area contributed by atoms with E-state index in [4.69, 9.17) is 0 Å². The summed E-state index contributed by atoms with van der Waals surface area (Å²) >= 11 is 3.06. The summed E-state index contributed by atoms with van der Waals surface area (Å²) in [5.74, 6) is 0.376. The summed E-state index contributed by atoms with van der Waals surface area (Å²) in [6.07, 6.45) is 0. The number of hydrogen-bond acceptors (Lipinski definition) is 4. The molecule has 0 radical (unpaired) electrons. The summed E-state index contributed by atoms with van der Waals surface area (Å²) < 4.78 is 13.0. The number of thiazole rings is 1. The number of nitrogens with zero attached hydrogens (tertiary/aromatic N) is 1. The zero-order valence-electron chi connectivity index (χ0n) is 13.6. The molecule has 1 unspecified atom stereocenters. The van der Waals surface area contributed by atoms with Gasteiger partial charge in [0.1, 0.15) is 10.8 Å². The van der Waals surface area contributed by atoms with Gasteiger partial charge in [0.05, 0.1) is 10.9 Å². The van der Waals surface area contributed by atoms with Gasteiger partial charge in [-0.3, -0.25) is 4.79 Å². The summed E-state index contributed by atoms with van der Waals surface area (Å²) in [4.78, 5) is 16.8. The second-order valence-corrected chi connectivity index (χ2v) is 7.65. The first-order valence-electron chi connectivity index (χ1n) is 7.79. The molecule has 6 heteroatoms. The Kier molecular flexibility index (Phi) is 5.83. The van der Waals surface area contributed by atoms with Crippen molar-refractivity contribution in [2.75, 3.05) is 5.32 Å². The second-order valence-electron chi connectivity index (χ2n) is 5.46. The van der Waals surface area contributed by atoms with Crippen LogP contribution in [0.15, 0.2) is 60.0 Å². The van der Waals surface area contributed by atoms with Crippen LogP contribution in [-0.2, 0) is 10.5 Å². The van der Waals surface area contributed by atoms with E-state index >= 15 is 0 Å². The standard InChI is InChI=1S/C19H17FN2OS2/c1-13(18(23)21-16-5-3-2-4-6-16)24-11-17-12-25-19(22-17)14-7-9-15(20)10-8-14/h2-10,12-13H,11H2,1H3,(H,21,23). The molecule has 3 rings (SSSR count). The van der Waals surface area contributed by atoms with E-state index in [9.17, 15) is 9.18 Å². The van der Waals surface area contributed by atoms with Gasteiger partial charge in [-0.15, -0.1) is 23.1 Å². The van der Waals surface area contributed by atoms with Crippen LogP contribution >= 0.6 is 23.1 Å². The predicted molar refractivity (Wildman–Crippen MR) is 103 cm³/mol. The summed E-state index contributed by atoms with van der Waals surface area (Å²) in [6.45, 7) is 1.89.